The Labute approximate surface area is 150 Å². The largest absolute Gasteiger partial charge is 0.488 e. The van der Waals surface area contributed by atoms with Crippen LogP contribution in [0, 0.1) is 5.82 Å². The molecule has 1 atom stereocenters. The minimum atomic E-state index is -0.228. The highest BCUT2D eigenvalue weighted by Crippen LogP contribution is 2.44. The average Bonchev–Trinajstić information content (AvgIpc) is 2.96. The van der Waals surface area contributed by atoms with E-state index in [4.69, 9.17) is 4.74 Å². The molecule has 0 saturated carbocycles. The van der Waals surface area contributed by atoms with Crippen molar-refractivity contribution in [3.63, 3.8) is 0 Å². The number of fused-ring (bicyclic) bond motifs is 1. The molecule has 0 spiro atoms. The summed E-state index contributed by atoms with van der Waals surface area (Å²) in [6, 6.07) is 13.2. The molecule has 0 fully saturated rings. The first-order chi connectivity index (χ1) is 12.1. The first-order valence-corrected chi connectivity index (χ1v) is 8.98. The van der Waals surface area contributed by atoms with Gasteiger partial charge in [-0.25, -0.2) is 4.39 Å². The van der Waals surface area contributed by atoms with Crippen molar-refractivity contribution in [2.24, 2.45) is 0 Å². The topological polar surface area (TPSA) is 15.7 Å². The number of hydrogen-bond acceptors (Lipinski definition) is 3. The van der Waals surface area contributed by atoms with Crippen LogP contribution in [0.4, 0.5) is 10.1 Å². The predicted octanol–water partition coefficient (Wildman–Crippen LogP) is 4.28. The third kappa shape index (κ3) is 4.13. The Balaban J connectivity index is 1.87. The third-order valence-corrected chi connectivity index (χ3v) is 4.82. The van der Waals surface area contributed by atoms with Crippen molar-refractivity contribution in [2.45, 2.75) is 25.9 Å². The Kier molecular flexibility index (Phi) is 5.59. The molecular formula is C21H27FN2O. The second kappa shape index (κ2) is 7.87. The molecule has 0 bridgehead atoms. The van der Waals surface area contributed by atoms with Crippen molar-refractivity contribution in [1.29, 1.82) is 0 Å². The smallest absolute Gasteiger partial charge is 0.128 e. The van der Waals surface area contributed by atoms with Crippen molar-refractivity contribution in [3.05, 3.63) is 59.4 Å². The van der Waals surface area contributed by atoms with Gasteiger partial charge in [-0.1, -0.05) is 30.3 Å². The summed E-state index contributed by atoms with van der Waals surface area (Å²) in [6.45, 7) is 5.41. The molecule has 3 nitrogen and oxygen atoms in total. The zero-order valence-corrected chi connectivity index (χ0v) is 15.3. The Morgan fingerprint density at radius 1 is 1.20 bits per heavy atom. The molecule has 4 heteroatoms. The van der Waals surface area contributed by atoms with E-state index in [1.165, 1.54) is 5.56 Å². The number of anilines is 1. The summed E-state index contributed by atoms with van der Waals surface area (Å²) in [5, 5.41) is 0. The predicted molar refractivity (Wildman–Crippen MR) is 101 cm³/mol. The lowest BCUT2D eigenvalue weighted by Gasteiger charge is -2.18. The Morgan fingerprint density at radius 2 is 1.96 bits per heavy atom. The van der Waals surface area contributed by atoms with E-state index in [2.05, 4.69) is 30.8 Å². The van der Waals surface area contributed by atoms with Crippen LogP contribution in [-0.2, 0) is 6.61 Å². The number of likely N-dealkylation sites (N-methyl/N-ethyl adjacent to an activating group) is 1. The number of halogens is 1. The van der Waals surface area contributed by atoms with Crippen molar-refractivity contribution >= 4 is 5.69 Å². The van der Waals surface area contributed by atoms with Crippen molar-refractivity contribution in [1.82, 2.24) is 4.90 Å². The molecule has 1 unspecified atom stereocenters. The van der Waals surface area contributed by atoms with Gasteiger partial charge in [0.15, 0.2) is 0 Å². The fourth-order valence-electron chi connectivity index (χ4n) is 3.51. The van der Waals surface area contributed by atoms with Crippen LogP contribution in [0.2, 0.25) is 0 Å². The summed E-state index contributed by atoms with van der Waals surface area (Å²) in [4.78, 5) is 4.45. The van der Waals surface area contributed by atoms with Crippen molar-refractivity contribution < 1.29 is 9.13 Å². The lowest BCUT2D eigenvalue weighted by atomic mass is 9.96. The number of benzene rings is 2. The van der Waals surface area contributed by atoms with E-state index in [1.807, 2.05) is 30.3 Å². The molecule has 1 heterocycles. The third-order valence-electron chi connectivity index (χ3n) is 4.82. The van der Waals surface area contributed by atoms with Crippen LogP contribution in [0.1, 0.15) is 30.4 Å². The average molecular weight is 342 g/mol. The van der Waals surface area contributed by atoms with Gasteiger partial charge in [-0.2, -0.15) is 0 Å². The lowest BCUT2D eigenvalue weighted by Crippen LogP contribution is -2.23. The summed E-state index contributed by atoms with van der Waals surface area (Å²) in [7, 11) is 4.18. The SMILES string of the molecule is CCN1CC(CCN(C)C)c2c(OCc3ccccc3)cc(F)cc21. The molecule has 3 rings (SSSR count). The van der Waals surface area contributed by atoms with Gasteiger partial charge in [-0.15, -0.1) is 0 Å². The van der Waals surface area contributed by atoms with Gasteiger partial charge in [0.05, 0.1) is 0 Å². The summed E-state index contributed by atoms with van der Waals surface area (Å²) in [5.41, 5.74) is 3.26. The lowest BCUT2D eigenvalue weighted by molar-refractivity contribution is 0.298. The van der Waals surface area contributed by atoms with Gasteiger partial charge < -0.3 is 14.5 Å². The standard InChI is InChI=1S/C21H27FN2O/c1-4-24-14-17(10-11-23(2)3)21-19(24)12-18(22)13-20(21)25-15-16-8-6-5-7-9-16/h5-9,12-13,17H,4,10-11,14-15H2,1-3H3. The zero-order valence-electron chi connectivity index (χ0n) is 15.3. The van der Waals surface area contributed by atoms with Gasteiger partial charge in [0.1, 0.15) is 18.2 Å². The molecule has 0 amide bonds. The minimum Gasteiger partial charge on any atom is -0.488 e. The normalized spacial score (nSPS) is 16.4. The Bertz CT molecular complexity index is 703. The van der Waals surface area contributed by atoms with Gasteiger partial charge in [-0.05, 0) is 45.6 Å². The molecule has 134 valence electrons. The summed E-state index contributed by atoms with van der Waals surface area (Å²) < 4.78 is 20.2. The molecule has 25 heavy (non-hydrogen) atoms. The molecular weight excluding hydrogens is 315 g/mol. The molecule has 0 N–H and O–H groups in total. The molecule has 0 aliphatic carbocycles. The van der Waals surface area contributed by atoms with E-state index in [0.717, 1.165) is 37.3 Å². The first kappa shape index (κ1) is 17.7. The molecule has 2 aromatic carbocycles. The highest BCUT2D eigenvalue weighted by atomic mass is 19.1. The second-order valence-electron chi connectivity index (χ2n) is 6.94. The van der Waals surface area contributed by atoms with Gasteiger partial charge >= 0.3 is 0 Å². The van der Waals surface area contributed by atoms with Crippen LogP contribution in [0.5, 0.6) is 5.75 Å². The van der Waals surface area contributed by atoms with E-state index in [9.17, 15) is 4.39 Å². The van der Waals surface area contributed by atoms with E-state index in [1.54, 1.807) is 12.1 Å². The fraction of sp³-hybridized carbons (Fsp3) is 0.429. The van der Waals surface area contributed by atoms with Crippen LogP contribution in [0.15, 0.2) is 42.5 Å². The maximum atomic E-state index is 14.2. The van der Waals surface area contributed by atoms with Crippen LogP contribution >= 0.6 is 0 Å². The van der Waals surface area contributed by atoms with Gasteiger partial charge in [-0.3, -0.25) is 0 Å². The molecule has 0 saturated heterocycles. The number of nitrogens with zero attached hydrogens (tertiary/aromatic N) is 2. The molecule has 2 aromatic rings. The van der Waals surface area contributed by atoms with E-state index < -0.39 is 0 Å². The Hall–Kier alpha value is -2.07. The second-order valence-corrected chi connectivity index (χ2v) is 6.94. The van der Waals surface area contributed by atoms with Crippen molar-refractivity contribution in [2.75, 3.05) is 38.6 Å². The molecule has 1 aliphatic heterocycles. The van der Waals surface area contributed by atoms with E-state index in [-0.39, 0.29) is 5.82 Å². The quantitative estimate of drug-likeness (QED) is 0.747. The van der Waals surface area contributed by atoms with Crippen molar-refractivity contribution in [3.8, 4) is 5.75 Å². The summed E-state index contributed by atoms with van der Waals surface area (Å²) >= 11 is 0. The monoisotopic (exact) mass is 342 g/mol. The summed E-state index contributed by atoms with van der Waals surface area (Å²) in [6.07, 6.45) is 1.05. The van der Waals surface area contributed by atoms with E-state index >= 15 is 0 Å². The minimum absolute atomic E-state index is 0.228. The fourth-order valence-corrected chi connectivity index (χ4v) is 3.51. The molecule has 1 aliphatic rings. The van der Waals surface area contributed by atoms with Gasteiger partial charge in [0, 0.05) is 36.3 Å². The van der Waals surface area contributed by atoms with Crippen LogP contribution < -0.4 is 9.64 Å². The van der Waals surface area contributed by atoms with Crippen LogP contribution in [0.3, 0.4) is 0 Å². The first-order valence-electron chi connectivity index (χ1n) is 8.98. The number of hydrogen-bond donors (Lipinski definition) is 0. The maximum Gasteiger partial charge on any atom is 0.128 e. The molecule has 0 aromatic heterocycles. The molecule has 0 radical (unpaired) electrons. The highest BCUT2D eigenvalue weighted by molar-refractivity contribution is 5.65. The van der Waals surface area contributed by atoms with E-state index in [0.29, 0.717) is 18.3 Å². The zero-order chi connectivity index (χ0) is 17.8. The number of ether oxygens (including phenoxy) is 1. The maximum absolute atomic E-state index is 14.2. The highest BCUT2D eigenvalue weighted by Gasteiger charge is 2.31. The number of rotatable bonds is 7. The van der Waals surface area contributed by atoms with Crippen LogP contribution in [0.25, 0.3) is 0 Å². The summed E-state index contributed by atoms with van der Waals surface area (Å²) in [5.74, 6) is 0.843. The Morgan fingerprint density at radius 3 is 2.64 bits per heavy atom. The van der Waals surface area contributed by atoms with Gasteiger partial charge in [0.25, 0.3) is 0 Å². The van der Waals surface area contributed by atoms with Gasteiger partial charge in [0.2, 0.25) is 0 Å². The van der Waals surface area contributed by atoms with Crippen LogP contribution in [-0.4, -0.2) is 38.6 Å².